The van der Waals surface area contributed by atoms with Crippen molar-refractivity contribution in [2.75, 3.05) is 6.61 Å². The van der Waals surface area contributed by atoms with Gasteiger partial charge >= 0.3 is 0 Å². The third-order valence-electron chi connectivity index (χ3n) is 3.03. The average Bonchev–Trinajstić information content (AvgIpc) is 2.72. The lowest BCUT2D eigenvalue weighted by Crippen LogP contribution is -2.24. The maximum Gasteiger partial charge on any atom is 0.277 e. The number of aromatic nitrogens is 2. The Morgan fingerprint density at radius 3 is 2.82 bits per heavy atom. The minimum Gasteiger partial charge on any atom is -0.483 e. The molecule has 0 aliphatic carbocycles. The van der Waals surface area contributed by atoms with E-state index >= 15 is 0 Å². The molecule has 0 atom stereocenters. The molecule has 0 bridgehead atoms. The van der Waals surface area contributed by atoms with Gasteiger partial charge in [-0.3, -0.25) is 4.79 Å². The SMILES string of the molecule is Cc1ccccc1OCC(=O)N/N=C/c1c(C)nn(C)c1F. The van der Waals surface area contributed by atoms with Crippen molar-refractivity contribution in [3.63, 3.8) is 0 Å². The molecular formula is C15H17FN4O2. The van der Waals surface area contributed by atoms with Crippen LogP contribution in [0.4, 0.5) is 4.39 Å². The zero-order chi connectivity index (χ0) is 16.1. The number of carbonyl (C=O) groups excluding carboxylic acids is 1. The van der Waals surface area contributed by atoms with Gasteiger partial charge in [0, 0.05) is 7.05 Å². The van der Waals surface area contributed by atoms with Crippen molar-refractivity contribution in [3.8, 4) is 5.75 Å². The minimum atomic E-state index is -0.508. The van der Waals surface area contributed by atoms with Crippen LogP contribution in [-0.4, -0.2) is 28.5 Å². The van der Waals surface area contributed by atoms with Gasteiger partial charge in [-0.1, -0.05) is 18.2 Å². The van der Waals surface area contributed by atoms with Crippen LogP contribution < -0.4 is 10.2 Å². The first kappa shape index (κ1) is 15.7. The number of nitrogens with zero attached hydrogens (tertiary/aromatic N) is 3. The third kappa shape index (κ3) is 3.69. The van der Waals surface area contributed by atoms with Crippen molar-refractivity contribution in [3.05, 3.63) is 47.0 Å². The Labute approximate surface area is 127 Å². The first-order valence-electron chi connectivity index (χ1n) is 6.68. The van der Waals surface area contributed by atoms with Crippen LogP contribution in [0.2, 0.25) is 0 Å². The molecule has 0 saturated heterocycles. The molecule has 0 aliphatic rings. The van der Waals surface area contributed by atoms with Crippen molar-refractivity contribution in [1.82, 2.24) is 15.2 Å². The summed E-state index contributed by atoms with van der Waals surface area (Å²) in [7, 11) is 1.49. The number of rotatable bonds is 5. The molecule has 0 unspecified atom stereocenters. The van der Waals surface area contributed by atoms with Crippen molar-refractivity contribution >= 4 is 12.1 Å². The van der Waals surface area contributed by atoms with Crippen LogP contribution in [0.3, 0.4) is 0 Å². The molecule has 7 heteroatoms. The molecule has 0 saturated carbocycles. The van der Waals surface area contributed by atoms with Gasteiger partial charge in [0.15, 0.2) is 6.61 Å². The van der Waals surface area contributed by atoms with Gasteiger partial charge in [-0.15, -0.1) is 0 Å². The van der Waals surface area contributed by atoms with Gasteiger partial charge in [0.05, 0.1) is 17.5 Å². The largest absolute Gasteiger partial charge is 0.483 e. The van der Waals surface area contributed by atoms with E-state index in [4.69, 9.17) is 4.74 Å². The molecule has 1 heterocycles. The van der Waals surface area contributed by atoms with Crippen LogP contribution in [0.25, 0.3) is 0 Å². The van der Waals surface area contributed by atoms with E-state index in [9.17, 15) is 9.18 Å². The second-order valence-electron chi connectivity index (χ2n) is 4.76. The van der Waals surface area contributed by atoms with Gasteiger partial charge in [-0.25, -0.2) is 10.1 Å². The van der Waals surface area contributed by atoms with E-state index in [1.165, 1.54) is 13.3 Å². The van der Waals surface area contributed by atoms with Crippen LogP contribution in [-0.2, 0) is 11.8 Å². The fourth-order valence-electron chi connectivity index (χ4n) is 1.86. The molecule has 0 aliphatic heterocycles. The number of para-hydroxylation sites is 1. The number of halogens is 1. The molecule has 1 N–H and O–H groups in total. The summed E-state index contributed by atoms with van der Waals surface area (Å²) >= 11 is 0. The maximum absolute atomic E-state index is 13.6. The van der Waals surface area contributed by atoms with E-state index in [1.807, 2.05) is 25.1 Å². The summed E-state index contributed by atoms with van der Waals surface area (Å²) in [5.74, 6) is -0.302. The standard InChI is InChI=1S/C15H17FN4O2/c1-10-6-4-5-7-13(10)22-9-14(21)18-17-8-12-11(2)19-20(3)15(12)16/h4-8H,9H2,1-3H3,(H,18,21)/b17-8+. The van der Waals surface area contributed by atoms with E-state index < -0.39 is 11.9 Å². The lowest BCUT2D eigenvalue weighted by molar-refractivity contribution is -0.123. The average molecular weight is 304 g/mol. The molecule has 2 aromatic rings. The number of hydrazone groups is 1. The molecular weight excluding hydrogens is 287 g/mol. The van der Waals surface area contributed by atoms with E-state index in [1.54, 1.807) is 13.0 Å². The number of amides is 1. The molecule has 0 fully saturated rings. The van der Waals surface area contributed by atoms with Crippen molar-refractivity contribution in [1.29, 1.82) is 0 Å². The first-order chi connectivity index (χ1) is 10.5. The van der Waals surface area contributed by atoms with E-state index in [0.717, 1.165) is 10.2 Å². The Bertz CT molecular complexity index is 710. The first-order valence-corrected chi connectivity index (χ1v) is 6.68. The Balaban J connectivity index is 1.88. The summed E-state index contributed by atoms with van der Waals surface area (Å²) in [6.07, 6.45) is 1.23. The van der Waals surface area contributed by atoms with Crippen molar-refractivity contribution in [2.24, 2.45) is 12.1 Å². The Kier molecular flexibility index (Phi) is 4.88. The smallest absolute Gasteiger partial charge is 0.277 e. The molecule has 1 amide bonds. The fraction of sp³-hybridized carbons (Fsp3) is 0.267. The summed E-state index contributed by atoms with van der Waals surface area (Å²) in [4.78, 5) is 11.6. The second kappa shape index (κ2) is 6.84. The van der Waals surface area contributed by atoms with Crippen LogP contribution in [0.1, 0.15) is 16.8 Å². The minimum absolute atomic E-state index is 0.170. The second-order valence-corrected chi connectivity index (χ2v) is 4.76. The number of hydrogen-bond donors (Lipinski definition) is 1. The van der Waals surface area contributed by atoms with Gasteiger partial charge in [-0.2, -0.15) is 14.6 Å². The number of benzene rings is 1. The zero-order valence-electron chi connectivity index (χ0n) is 12.6. The molecule has 116 valence electrons. The maximum atomic E-state index is 13.6. The van der Waals surface area contributed by atoms with Crippen molar-refractivity contribution in [2.45, 2.75) is 13.8 Å². The number of ether oxygens (including phenoxy) is 1. The third-order valence-corrected chi connectivity index (χ3v) is 3.03. The van der Waals surface area contributed by atoms with Gasteiger partial charge in [0.25, 0.3) is 5.91 Å². The quantitative estimate of drug-likeness (QED) is 0.675. The van der Waals surface area contributed by atoms with Crippen LogP contribution in [0.15, 0.2) is 29.4 Å². The predicted octanol–water partition coefficient (Wildman–Crippen LogP) is 1.71. The molecule has 0 radical (unpaired) electrons. The fourth-order valence-corrected chi connectivity index (χ4v) is 1.86. The van der Waals surface area contributed by atoms with E-state index in [-0.39, 0.29) is 12.2 Å². The van der Waals surface area contributed by atoms with Crippen molar-refractivity contribution < 1.29 is 13.9 Å². The van der Waals surface area contributed by atoms with Gasteiger partial charge < -0.3 is 4.74 Å². The highest BCUT2D eigenvalue weighted by Gasteiger charge is 2.10. The summed E-state index contributed by atoms with van der Waals surface area (Å²) in [6.45, 7) is 3.38. The number of hydrogen-bond acceptors (Lipinski definition) is 4. The monoisotopic (exact) mass is 304 g/mol. The van der Waals surface area contributed by atoms with Crippen LogP contribution in [0, 0.1) is 19.8 Å². The molecule has 0 spiro atoms. The predicted molar refractivity (Wildman–Crippen MR) is 80.3 cm³/mol. The van der Waals surface area contributed by atoms with Gasteiger partial charge in [0.1, 0.15) is 5.75 Å². The zero-order valence-corrected chi connectivity index (χ0v) is 12.6. The highest BCUT2D eigenvalue weighted by molar-refractivity contribution is 5.83. The molecule has 2 rings (SSSR count). The van der Waals surface area contributed by atoms with Gasteiger partial charge in [0.2, 0.25) is 5.95 Å². The Morgan fingerprint density at radius 2 is 2.18 bits per heavy atom. The lowest BCUT2D eigenvalue weighted by atomic mass is 10.2. The summed E-state index contributed by atoms with van der Waals surface area (Å²) in [5, 5.41) is 7.62. The van der Waals surface area contributed by atoms with E-state index in [0.29, 0.717) is 11.4 Å². The van der Waals surface area contributed by atoms with Gasteiger partial charge in [-0.05, 0) is 25.5 Å². The normalized spacial score (nSPS) is 10.9. The highest BCUT2D eigenvalue weighted by atomic mass is 19.1. The van der Waals surface area contributed by atoms with Crippen LogP contribution in [0.5, 0.6) is 5.75 Å². The summed E-state index contributed by atoms with van der Waals surface area (Å²) in [6, 6.07) is 7.38. The van der Waals surface area contributed by atoms with E-state index in [2.05, 4.69) is 15.6 Å². The topological polar surface area (TPSA) is 68.5 Å². The molecule has 22 heavy (non-hydrogen) atoms. The number of aryl methyl sites for hydroxylation is 3. The summed E-state index contributed by atoms with van der Waals surface area (Å²) in [5.41, 5.74) is 3.96. The van der Waals surface area contributed by atoms with Crippen LogP contribution >= 0.6 is 0 Å². The Morgan fingerprint density at radius 1 is 1.45 bits per heavy atom. The number of nitrogens with one attached hydrogen (secondary N) is 1. The Hall–Kier alpha value is -2.70. The number of carbonyl (C=O) groups is 1. The molecule has 6 nitrogen and oxygen atoms in total. The highest BCUT2D eigenvalue weighted by Crippen LogP contribution is 2.15. The molecule has 1 aromatic heterocycles. The molecule has 1 aromatic carbocycles. The lowest BCUT2D eigenvalue weighted by Gasteiger charge is -2.07. The summed E-state index contributed by atoms with van der Waals surface area (Å²) < 4.78 is 20.1.